The van der Waals surface area contributed by atoms with E-state index in [2.05, 4.69) is 27.7 Å². The van der Waals surface area contributed by atoms with Crippen LogP contribution in [0.1, 0.15) is 5.56 Å². The number of amides is 2. The van der Waals surface area contributed by atoms with Crippen LogP contribution in [-0.2, 0) is 6.54 Å². The third-order valence-electron chi connectivity index (χ3n) is 3.97. The van der Waals surface area contributed by atoms with Crippen LogP contribution in [0.15, 0.2) is 18.2 Å². The largest absolute Gasteiger partial charge is 0.366 e. The monoisotopic (exact) mass is 294 g/mol. The molecule has 3 rings (SSSR count). The van der Waals surface area contributed by atoms with Gasteiger partial charge < -0.3 is 20.4 Å². The summed E-state index contributed by atoms with van der Waals surface area (Å²) >= 11 is 6.40. The highest BCUT2D eigenvalue weighted by atomic mass is 35.5. The molecule has 0 aromatic heterocycles. The molecule has 2 fully saturated rings. The van der Waals surface area contributed by atoms with Crippen molar-refractivity contribution in [2.75, 3.05) is 38.1 Å². The Morgan fingerprint density at radius 2 is 2.30 bits per heavy atom. The molecule has 1 aromatic rings. The molecule has 0 saturated carbocycles. The lowest BCUT2D eigenvalue weighted by Crippen LogP contribution is -2.52. The number of benzene rings is 1. The molecule has 6 heteroatoms. The van der Waals surface area contributed by atoms with Crippen molar-refractivity contribution in [3.63, 3.8) is 0 Å². The second-order valence-electron chi connectivity index (χ2n) is 5.30. The maximum atomic E-state index is 11.6. The van der Waals surface area contributed by atoms with Gasteiger partial charge in [0.2, 0.25) is 0 Å². The summed E-state index contributed by atoms with van der Waals surface area (Å²) < 4.78 is 0. The zero-order valence-corrected chi connectivity index (χ0v) is 12.3. The van der Waals surface area contributed by atoms with Gasteiger partial charge >= 0.3 is 6.03 Å². The molecule has 0 bridgehead atoms. The summed E-state index contributed by atoms with van der Waals surface area (Å²) in [6, 6.07) is 6.50. The van der Waals surface area contributed by atoms with Crippen molar-refractivity contribution in [1.29, 1.82) is 0 Å². The fourth-order valence-corrected chi connectivity index (χ4v) is 3.27. The van der Waals surface area contributed by atoms with Crippen molar-refractivity contribution in [3.8, 4) is 0 Å². The molecule has 2 aliphatic rings. The molecule has 20 heavy (non-hydrogen) atoms. The van der Waals surface area contributed by atoms with Gasteiger partial charge in [0.15, 0.2) is 0 Å². The minimum atomic E-state index is 0.0603. The number of nitrogens with one attached hydrogen (secondary N) is 2. The van der Waals surface area contributed by atoms with Crippen LogP contribution < -0.4 is 15.5 Å². The normalized spacial score (nSPS) is 21.9. The highest BCUT2D eigenvalue weighted by Crippen LogP contribution is 2.29. The molecule has 2 N–H and O–H groups in total. The second kappa shape index (κ2) is 5.50. The van der Waals surface area contributed by atoms with Crippen LogP contribution in [0.2, 0.25) is 5.02 Å². The third kappa shape index (κ3) is 2.43. The van der Waals surface area contributed by atoms with Gasteiger partial charge in [-0.05, 0) is 24.7 Å². The summed E-state index contributed by atoms with van der Waals surface area (Å²) in [5.74, 6) is 0. The summed E-state index contributed by atoms with van der Waals surface area (Å²) in [6.07, 6.45) is 0. The van der Waals surface area contributed by atoms with Crippen molar-refractivity contribution < 1.29 is 4.79 Å². The second-order valence-corrected chi connectivity index (χ2v) is 5.70. The average Bonchev–Trinajstić information content (AvgIpc) is 2.80. The summed E-state index contributed by atoms with van der Waals surface area (Å²) in [5, 5.41) is 6.79. The number of hydrogen-bond donors (Lipinski definition) is 2. The summed E-state index contributed by atoms with van der Waals surface area (Å²) in [7, 11) is 1.92. The van der Waals surface area contributed by atoms with Gasteiger partial charge in [-0.3, -0.25) is 0 Å². The summed E-state index contributed by atoms with van der Waals surface area (Å²) in [4.78, 5) is 15.8. The standard InChI is InChI=1S/C14H19ClN4O/c1-16-7-10-2-3-13(12(15)6-10)18-4-5-19-11(9-18)8-17-14(19)20/h2-3,6,11,16H,4-5,7-9H2,1H3,(H,17,20). The van der Waals surface area contributed by atoms with Crippen LogP contribution >= 0.6 is 11.6 Å². The van der Waals surface area contributed by atoms with E-state index in [9.17, 15) is 4.79 Å². The number of piperazine rings is 1. The number of carbonyl (C=O) groups excluding carboxylic acids is 1. The van der Waals surface area contributed by atoms with E-state index in [1.165, 1.54) is 5.56 Å². The Labute approximate surface area is 123 Å². The molecule has 108 valence electrons. The third-order valence-corrected chi connectivity index (χ3v) is 4.27. The molecule has 2 aliphatic heterocycles. The lowest BCUT2D eigenvalue weighted by molar-refractivity contribution is 0.197. The minimum Gasteiger partial charge on any atom is -0.366 e. The lowest BCUT2D eigenvalue weighted by Gasteiger charge is -2.38. The van der Waals surface area contributed by atoms with Crippen LogP contribution in [0.3, 0.4) is 0 Å². The van der Waals surface area contributed by atoms with Crippen LogP contribution in [-0.4, -0.2) is 50.2 Å². The van der Waals surface area contributed by atoms with Gasteiger partial charge in [0.25, 0.3) is 0 Å². The average molecular weight is 295 g/mol. The highest BCUT2D eigenvalue weighted by Gasteiger charge is 2.35. The fraction of sp³-hybridized carbons (Fsp3) is 0.500. The Morgan fingerprint density at radius 1 is 1.45 bits per heavy atom. The molecule has 2 heterocycles. The van der Waals surface area contributed by atoms with E-state index < -0.39 is 0 Å². The summed E-state index contributed by atoms with van der Waals surface area (Å²) in [6.45, 7) is 3.96. The van der Waals surface area contributed by atoms with Crippen molar-refractivity contribution in [3.05, 3.63) is 28.8 Å². The van der Waals surface area contributed by atoms with E-state index in [1.54, 1.807) is 0 Å². The van der Waals surface area contributed by atoms with Crippen LogP contribution in [0.4, 0.5) is 10.5 Å². The number of nitrogens with zero attached hydrogens (tertiary/aromatic N) is 2. The van der Waals surface area contributed by atoms with Gasteiger partial charge in [-0.1, -0.05) is 17.7 Å². The number of fused-ring (bicyclic) bond motifs is 1. The van der Waals surface area contributed by atoms with Crippen molar-refractivity contribution in [2.24, 2.45) is 0 Å². The number of urea groups is 1. The van der Waals surface area contributed by atoms with Crippen LogP contribution in [0, 0.1) is 0 Å². The molecule has 0 radical (unpaired) electrons. The van der Waals surface area contributed by atoms with Crippen molar-refractivity contribution >= 4 is 23.3 Å². The lowest BCUT2D eigenvalue weighted by atomic mass is 10.1. The molecule has 0 spiro atoms. The number of halogens is 1. The molecule has 1 unspecified atom stereocenters. The first-order valence-electron chi connectivity index (χ1n) is 6.91. The predicted molar refractivity (Wildman–Crippen MR) is 80.3 cm³/mol. The molecule has 0 aliphatic carbocycles. The minimum absolute atomic E-state index is 0.0603. The number of carbonyl (C=O) groups is 1. The first-order chi connectivity index (χ1) is 9.69. The number of rotatable bonds is 3. The quantitative estimate of drug-likeness (QED) is 0.883. The van der Waals surface area contributed by atoms with Gasteiger partial charge in [-0.15, -0.1) is 0 Å². The van der Waals surface area contributed by atoms with E-state index >= 15 is 0 Å². The van der Waals surface area contributed by atoms with Gasteiger partial charge in [0.05, 0.1) is 16.8 Å². The Bertz CT molecular complexity index is 522. The molecule has 1 aromatic carbocycles. The van der Waals surface area contributed by atoms with E-state index in [0.29, 0.717) is 0 Å². The van der Waals surface area contributed by atoms with Gasteiger partial charge in [0.1, 0.15) is 0 Å². The first kappa shape index (κ1) is 13.5. The smallest absolute Gasteiger partial charge is 0.317 e. The highest BCUT2D eigenvalue weighted by molar-refractivity contribution is 6.33. The van der Waals surface area contributed by atoms with E-state index in [1.807, 2.05) is 18.0 Å². The van der Waals surface area contributed by atoms with Crippen molar-refractivity contribution in [2.45, 2.75) is 12.6 Å². The Hall–Kier alpha value is -1.46. The maximum absolute atomic E-state index is 11.6. The van der Waals surface area contributed by atoms with Crippen LogP contribution in [0.25, 0.3) is 0 Å². The van der Waals surface area contributed by atoms with Gasteiger partial charge in [0, 0.05) is 32.7 Å². The predicted octanol–water partition coefficient (Wildman–Crippen LogP) is 1.27. The molecule has 5 nitrogen and oxygen atoms in total. The molecule has 2 saturated heterocycles. The summed E-state index contributed by atoms with van der Waals surface area (Å²) in [5.41, 5.74) is 2.24. The van der Waals surface area contributed by atoms with Gasteiger partial charge in [-0.2, -0.15) is 0 Å². The van der Waals surface area contributed by atoms with Crippen molar-refractivity contribution in [1.82, 2.24) is 15.5 Å². The number of anilines is 1. The molecule has 2 amide bonds. The Morgan fingerprint density at radius 3 is 3.05 bits per heavy atom. The zero-order chi connectivity index (χ0) is 14.1. The zero-order valence-electron chi connectivity index (χ0n) is 11.5. The van der Waals surface area contributed by atoms with Gasteiger partial charge in [-0.25, -0.2) is 4.79 Å². The number of hydrogen-bond acceptors (Lipinski definition) is 3. The molecular weight excluding hydrogens is 276 g/mol. The van der Waals surface area contributed by atoms with E-state index in [-0.39, 0.29) is 12.1 Å². The first-order valence-corrected chi connectivity index (χ1v) is 7.29. The topological polar surface area (TPSA) is 47.6 Å². The molecule has 1 atom stereocenters. The van der Waals surface area contributed by atoms with E-state index in [0.717, 1.165) is 43.4 Å². The fourth-order valence-electron chi connectivity index (χ4n) is 2.94. The SMILES string of the molecule is CNCc1ccc(N2CCN3C(=O)NCC3C2)c(Cl)c1. The Balaban J connectivity index is 1.75. The molecular formula is C14H19ClN4O. The maximum Gasteiger partial charge on any atom is 0.317 e. The Kier molecular flexibility index (Phi) is 3.72. The van der Waals surface area contributed by atoms with Crippen LogP contribution in [0.5, 0.6) is 0 Å². The van der Waals surface area contributed by atoms with E-state index in [4.69, 9.17) is 11.6 Å².